The van der Waals surface area contributed by atoms with Crippen LogP contribution in [0, 0.1) is 0 Å². The first kappa shape index (κ1) is 19.3. The molecule has 5 rings (SSSR count). The molecule has 9 heteroatoms. The number of hydrogen-bond acceptors (Lipinski definition) is 7. The molecule has 0 amide bonds. The van der Waals surface area contributed by atoms with Crippen molar-refractivity contribution in [3.63, 3.8) is 0 Å². The quantitative estimate of drug-likeness (QED) is 0.474. The van der Waals surface area contributed by atoms with Crippen molar-refractivity contribution in [3.05, 3.63) is 50.9 Å². The third kappa shape index (κ3) is 3.31. The Morgan fingerprint density at radius 1 is 1.23 bits per heavy atom. The minimum atomic E-state index is -0.0253. The first-order valence-corrected chi connectivity index (χ1v) is 11.6. The number of methoxy groups -OCH3 is 1. The molecule has 3 heterocycles. The SMILES string of the molecule is COc1ccccc1-c1nnc(SCc2nc3sc4c(c3c(=O)[nH]2)CCCC4)n1C. The number of rotatable bonds is 5. The highest BCUT2D eigenvalue weighted by atomic mass is 32.2. The Balaban J connectivity index is 1.41. The summed E-state index contributed by atoms with van der Waals surface area (Å²) in [5.41, 5.74) is 2.07. The molecule has 3 aromatic heterocycles. The molecule has 0 spiro atoms. The van der Waals surface area contributed by atoms with E-state index in [4.69, 9.17) is 9.72 Å². The van der Waals surface area contributed by atoms with E-state index >= 15 is 0 Å². The fourth-order valence-electron chi connectivity index (χ4n) is 3.91. The number of fused-ring (bicyclic) bond motifs is 3. The molecule has 0 fully saturated rings. The summed E-state index contributed by atoms with van der Waals surface area (Å²) in [6.07, 6.45) is 4.39. The second kappa shape index (κ2) is 7.88. The Morgan fingerprint density at radius 3 is 2.93 bits per heavy atom. The molecule has 154 valence electrons. The van der Waals surface area contributed by atoms with E-state index in [0.29, 0.717) is 11.6 Å². The van der Waals surface area contributed by atoms with E-state index in [1.165, 1.54) is 28.6 Å². The van der Waals surface area contributed by atoms with E-state index in [1.807, 2.05) is 35.9 Å². The third-order valence-corrected chi connectivity index (χ3v) is 7.61. The van der Waals surface area contributed by atoms with Crippen LogP contribution in [-0.2, 0) is 25.6 Å². The molecule has 0 saturated heterocycles. The number of H-pyrrole nitrogens is 1. The van der Waals surface area contributed by atoms with Gasteiger partial charge in [-0.3, -0.25) is 4.79 Å². The summed E-state index contributed by atoms with van der Waals surface area (Å²) >= 11 is 3.17. The number of ether oxygens (including phenoxy) is 1. The van der Waals surface area contributed by atoms with E-state index in [0.717, 1.165) is 51.8 Å². The number of para-hydroxylation sites is 1. The van der Waals surface area contributed by atoms with Gasteiger partial charge in [0.15, 0.2) is 11.0 Å². The van der Waals surface area contributed by atoms with Gasteiger partial charge in [0.2, 0.25) is 0 Å². The van der Waals surface area contributed by atoms with Crippen molar-refractivity contribution in [1.29, 1.82) is 0 Å². The fourth-order valence-corrected chi connectivity index (χ4v) is 5.98. The van der Waals surface area contributed by atoms with Crippen LogP contribution in [-0.4, -0.2) is 31.8 Å². The van der Waals surface area contributed by atoms with Gasteiger partial charge in [0.1, 0.15) is 16.4 Å². The van der Waals surface area contributed by atoms with Crippen molar-refractivity contribution < 1.29 is 4.74 Å². The maximum absolute atomic E-state index is 12.7. The van der Waals surface area contributed by atoms with Crippen molar-refractivity contribution in [1.82, 2.24) is 24.7 Å². The van der Waals surface area contributed by atoms with Gasteiger partial charge in [-0.2, -0.15) is 0 Å². The fraction of sp³-hybridized carbons (Fsp3) is 0.333. The van der Waals surface area contributed by atoms with Gasteiger partial charge in [-0.15, -0.1) is 21.5 Å². The second-order valence-electron chi connectivity index (χ2n) is 7.26. The van der Waals surface area contributed by atoms with E-state index < -0.39 is 0 Å². The molecule has 0 aliphatic heterocycles. The number of aromatic nitrogens is 5. The third-order valence-electron chi connectivity index (χ3n) is 5.39. The summed E-state index contributed by atoms with van der Waals surface area (Å²) in [5.74, 6) is 2.67. The van der Waals surface area contributed by atoms with Gasteiger partial charge in [-0.05, 0) is 43.4 Å². The van der Waals surface area contributed by atoms with Crippen LogP contribution in [0.3, 0.4) is 0 Å². The molecule has 1 aromatic carbocycles. The van der Waals surface area contributed by atoms with E-state index in [2.05, 4.69) is 15.2 Å². The minimum Gasteiger partial charge on any atom is -0.496 e. The van der Waals surface area contributed by atoms with Gasteiger partial charge >= 0.3 is 0 Å². The lowest BCUT2D eigenvalue weighted by atomic mass is 9.97. The van der Waals surface area contributed by atoms with Crippen LogP contribution in [0.4, 0.5) is 0 Å². The van der Waals surface area contributed by atoms with E-state index in [-0.39, 0.29) is 5.56 Å². The normalized spacial score (nSPS) is 13.5. The van der Waals surface area contributed by atoms with Crippen LogP contribution in [0.2, 0.25) is 0 Å². The highest BCUT2D eigenvalue weighted by Crippen LogP contribution is 2.34. The molecule has 0 atom stereocenters. The smallest absolute Gasteiger partial charge is 0.259 e. The topological polar surface area (TPSA) is 85.7 Å². The summed E-state index contributed by atoms with van der Waals surface area (Å²) in [5, 5.41) is 10.2. The van der Waals surface area contributed by atoms with Gasteiger partial charge in [0, 0.05) is 11.9 Å². The Morgan fingerprint density at radius 2 is 2.07 bits per heavy atom. The molecule has 1 aliphatic carbocycles. The average molecular weight is 440 g/mol. The predicted molar refractivity (Wildman–Crippen MR) is 119 cm³/mol. The molecule has 0 bridgehead atoms. The largest absolute Gasteiger partial charge is 0.496 e. The number of benzene rings is 1. The van der Waals surface area contributed by atoms with Gasteiger partial charge in [-0.1, -0.05) is 23.9 Å². The molecular formula is C21H21N5O2S2. The zero-order chi connectivity index (χ0) is 20.7. The number of nitrogens with one attached hydrogen (secondary N) is 1. The van der Waals surface area contributed by atoms with Crippen molar-refractivity contribution in [2.75, 3.05) is 7.11 Å². The standard InChI is InChI=1S/C21H21N5O2S2/c1-26-18(12-7-3-5-9-14(12)28-2)24-25-21(26)29-11-16-22-19(27)17-13-8-4-6-10-15(13)30-20(17)23-16/h3,5,7,9H,4,6,8,10-11H2,1-2H3,(H,22,23,27). The Hall–Kier alpha value is -2.65. The van der Waals surface area contributed by atoms with Crippen LogP contribution in [0.1, 0.15) is 29.1 Å². The molecular weight excluding hydrogens is 418 g/mol. The Bertz CT molecular complexity index is 1290. The molecule has 4 aromatic rings. The minimum absolute atomic E-state index is 0.0253. The first-order valence-electron chi connectivity index (χ1n) is 9.84. The highest BCUT2D eigenvalue weighted by Gasteiger charge is 2.20. The van der Waals surface area contributed by atoms with E-state index in [1.54, 1.807) is 18.4 Å². The lowest BCUT2D eigenvalue weighted by molar-refractivity contribution is 0.416. The van der Waals surface area contributed by atoms with Crippen molar-refractivity contribution in [2.24, 2.45) is 7.05 Å². The highest BCUT2D eigenvalue weighted by molar-refractivity contribution is 7.98. The number of nitrogens with zero attached hydrogens (tertiary/aromatic N) is 4. The summed E-state index contributed by atoms with van der Waals surface area (Å²) < 4.78 is 7.38. The van der Waals surface area contributed by atoms with E-state index in [9.17, 15) is 4.79 Å². The Kier molecular flexibility index (Phi) is 5.08. The van der Waals surface area contributed by atoms with Gasteiger partial charge in [0.05, 0.1) is 23.8 Å². The molecule has 0 radical (unpaired) electrons. The van der Waals surface area contributed by atoms with Crippen LogP contribution in [0.5, 0.6) is 5.75 Å². The molecule has 30 heavy (non-hydrogen) atoms. The van der Waals surface area contributed by atoms with Crippen molar-refractivity contribution >= 4 is 33.3 Å². The maximum atomic E-state index is 12.7. The number of aryl methyl sites for hydroxylation is 2. The molecule has 0 unspecified atom stereocenters. The zero-order valence-electron chi connectivity index (χ0n) is 16.8. The van der Waals surface area contributed by atoms with Gasteiger partial charge < -0.3 is 14.3 Å². The average Bonchev–Trinajstić information content (AvgIpc) is 3.32. The first-order chi connectivity index (χ1) is 14.7. The summed E-state index contributed by atoms with van der Waals surface area (Å²) in [6, 6.07) is 7.74. The van der Waals surface area contributed by atoms with Gasteiger partial charge in [0.25, 0.3) is 5.56 Å². The lowest BCUT2D eigenvalue weighted by Crippen LogP contribution is -2.12. The Labute approximate surface area is 181 Å². The second-order valence-corrected chi connectivity index (χ2v) is 9.28. The van der Waals surface area contributed by atoms with Crippen molar-refractivity contribution in [2.45, 2.75) is 36.6 Å². The lowest BCUT2D eigenvalue weighted by Gasteiger charge is -2.09. The monoisotopic (exact) mass is 439 g/mol. The summed E-state index contributed by atoms with van der Waals surface area (Å²) in [7, 11) is 3.57. The van der Waals surface area contributed by atoms with Gasteiger partial charge in [-0.25, -0.2) is 4.98 Å². The number of aromatic amines is 1. The molecule has 1 N–H and O–H groups in total. The van der Waals surface area contributed by atoms with Crippen LogP contribution >= 0.6 is 23.1 Å². The molecule has 7 nitrogen and oxygen atoms in total. The summed E-state index contributed by atoms with van der Waals surface area (Å²) in [6.45, 7) is 0. The maximum Gasteiger partial charge on any atom is 0.259 e. The van der Waals surface area contributed by atoms with Crippen molar-refractivity contribution in [3.8, 4) is 17.1 Å². The van der Waals surface area contributed by atoms with Crippen LogP contribution < -0.4 is 10.3 Å². The molecule has 1 aliphatic rings. The summed E-state index contributed by atoms with van der Waals surface area (Å²) in [4.78, 5) is 22.6. The molecule has 0 saturated carbocycles. The van der Waals surface area contributed by atoms with Crippen LogP contribution in [0.15, 0.2) is 34.2 Å². The number of thioether (sulfide) groups is 1. The zero-order valence-corrected chi connectivity index (χ0v) is 18.4. The van der Waals surface area contributed by atoms with Crippen LogP contribution in [0.25, 0.3) is 21.6 Å². The number of hydrogen-bond donors (Lipinski definition) is 1. The predicted octanol–water partition coefficient (Wildman–Crippen LogP) is 3.96. The number of thiophene rings is 1.